The van der Waals surface area contributed by atoms with Gasteiger partial charge < -0.3 is 4.52 Å². The van der Waals surface area contributed by atoms with E-state index in [0.717, 1.165) is 0 Å². The standard InChI is InChI=1S/C8H4FIN2OS/c9-8-5(2-1-3-11-8)6-4-7(14-10)13-12-6/h1-4H. The Bertz CT molecular complexity index is 448. The Morgan fingerprint density at radius 2 is 2.36 bits per heavy atom. The molecule has 0 aromatic carbocycles. The first-order valence-corrected chi connectivity index (χ1v) is 7.03. The van der Waals surface area contributed by atoms with Gasteiger partial charge in [0.25, 0.3) is 0 Å². The summed E-state index contributed by atoms with van der Waals surface area (Å²) < 4.78 is 18.1. The van der Waals surface area contributed by atoms with Crippen LogP contribution in [0.25, 0.3) is 11.3 Å². The lowest BCUT2D eigenvalue weighted by Gasteiger charge is -1.94. The van der Waals surface area contributed by atoms with Gasteiger partial charge in [0.1, 0.15) is 5.69 Å². The zero-order valence-corrected chi connectivity index (χ0v) is 9.75. The molecule has 0 aliphatic carbocycles. The quantitative estimate of drug-likeness (QED) is 0.628. The molecule has 2 aromatic heterocycles. The summed E-state index contributed by atoms with van der Waals surface area (Å²) in [6, 6.07) is 4.95. The maximum absolute atomic E-state index is 13.2. The largest absolute Gasteiger partial charge is 0.348 e. The average Bonchev–Trinajstić information content (AvgIpc) is 2.67. The van der Waals surface area contributed by atoms with Crippen molar-refractivity contribution < 1.29 is 8.91 Å². The second-order valence-corrected chi connectivity index (χ2v) is 4.33. The SMILES string of the molecule is Fc1ncccc1-c1cc(SI)on1. The van der Waals surface area contributed by atoms with Crippen molar-refractivity contribution in [3.05, 3.63) is 30.3 Å². The van der Waals surface area contributed by atoms with E-state index < -0.39 is 5.95 Å². The molecular weight excluding hydrogens is 318 g/mol. The monoisotopic (exact) mass is 322 g/mol. The van der Waals surface area contributed by atoms with E-state index in [4.69, 9.17) is 4.52 Å². The number of nitrogens with zero attached hydrogens (tertiary/aromatic N) is 2. The van der Waals surface area contributed by atoms with Gasteiger partial charge >= 0.3 is 0 Å². The van der Waals surface area contributed by atoms with Crippen LogP contribution in [0.5, 0.6) is 0 Å². The molecule has 2 rings (SSSR count). The summed E-state index contributed by atoms with van der Waals surface area (Å²) in [4.78, 5) is 3.53. The number of rotatable bonds is 2. The van der Waals surface area contributed by atoms with Crippen LogP contribution in [0, 0.1) is 5.95 Å². The first-order chi connectivity index (χ1) is 6.81. The van der Waals surface area contributed by atoms with E-state index in [-0.39, 0.29) is 0 Å². The van der Waals surface area contributed by atoms with Crippen LogP contribution in [0.2, 0.25) is 0 Å². The highest BCUT2D eigenvalue weighted by molar-refractivity contribution is 14.2. The summed E-state index contributed by atoms with van der Waals surface area (Å²) in [6.45, 7) is 0. The van der Waals surface area contributed by atoms with Crippen molar-refractivity contribution in [1.82, 2.24) is 10.1 Å². The summed E-state index contributed by atoms with van der Waals surface area (Å²) in [5.74, 6) is -0.536. The molecule has 0 aliphatic heterocycles. The first-order valence-electron chi connectivity index (χ1n) is 3.67. The highest BCUT2D eigenvalue weighted by Gasteiger charge is 2.10. The normalized spacial score (nSPS) is 10.4. The second kappa shape index (κ2) is 4.26. The van der Waals surface area contributed by atoms with Gasteiger partial charge in [-0.15, -0.1) is 0 Å². The van der Waals surface area contributed by atoms with Gasteiger partial charge in [-0.3, -0.25) is 0 Å². The van der Waals surface area contributed by atoms with E-state index in [1.165, 1.54) is 15.1 Å². The van der Waals surface area contributed by atoms with E-state index >= 15 is 0 Å². The Kier molecular flexibility index (Phi) is 3.02. The molecule has 0 radical (unpaired) electrons. The predicted molar refractivity (Wildman–Crippen MR) is 59.6 cm³/mol. The molecule has 0 unspecified atom stereocenters. The van der Waals surface area contributed by atoms with Crippen molar-refractivity contribution in [2.24, 2.45) is 0 Å². The van der Waals surface area contributed by atoms with Crippen molar-refractivity contribution in [3.8, 4) is 11.3 Å². The number of pyridine rings is 1. The zero-order valence-electron chi connectivity index (χ0n) is 6.78. The summed E-state index contributed by atoms with van der Waals surface area (Å²) in [6.07, 6.45) is 1.40. The van der Waals surface area contributed by atoms with E-state index in [1.807, 2.05) is 0 Å². The number of hydrogen-bond acceptors (Lipinski definition) is 4. The van der Waals surface area contributed by atoms with Gasteiger partial charge in [0.05, 0.1) is 5.56 Å². The van der Waals surface area contributed by atoms with Crippen molar-refractivity contribution in [3.63, 3.8) is 0 Å². The van der Waals surface area contributed by atoms with Gasteiger partial charge in [-0.05, 0) is 21.1 Å². The van der Waals surface area contributed by atoms with Crippen molar-refractivity contribution in [2.45, 2.75) is 5.09 Å². The molecule has 2 aromatic rings. The molecule has 0 aliphatic rings. The topological polar surface area (TPSA) is 38.9 Å². The van der Waals surface area contributed by atoms with Crippen LogP contribution in [0.15, 0.2) is 34.0 Å². The van der Waals surface area contributed by atoms with Gasteiger partial charge in [0.2, 0.25) is 11.0 Å². The first kappa shape index (κ1) is 9.91. The number of halogens is 2. The minimum absolute atomic E-state index is 0.355. The fourth-order valence-corrected chi connectivity index (χ4v) is 1.84. The molecule has 0 fully saturated rings. The highest BCUT2D eigenvalue weighted by atomic mass is 127. The smallest absolute Gasteiger partial charge is 0.222 e. The summed E-state index contributed by atoms with van der Waals surface area (Å²) in [5.41, 5.74) is 0.822. The molecule has 0 bridgehead atoms. The van der Waals surface area contributed by atoms with Gasteiger partial charge in [0, 0.05) is 33.5 Å². The minimum Gasteiger partial charge on any atom is -0.348 e. The number of aromatic nitrogens is 2. The molecule has 2 heterocycles. The maximum atomic E-state index is 13.2. The van der Waals surface area contributed by atoms with Crippen LogP contribution in [0.4, 0.5) is 4.39 Å². The van der Waals surface area contributed by atoms with Crippen molar-refractivity contribution in [1.29, 1.82) is 0 Å². The fourth-order valence-electron chi connectivity index (χ4n) is 0.999. The van der Waals surface area contributed by atoms with Gasteiger partial charge in [-0.1, -0.05) is 5.16 Å². The Labute approximate surface area is 95.7 Å². The average molecular weight is 322 g/mol. The van der Waals surface area contributed by atoms with E-state index in [2.05, 4.69) is 31.3 Å². The predicted octanol–water partition coefficient (Wildman–Crippen LogP) is 3.32. The molecule has 0 atom stereocenters. The third-order valence-electron chi connectivity index (χ3n) is 1.60. The molecule has 0 spiro atoms. The maximum Gasteiger partial charge on any atom is 0.222 e. The summed E-state index contributed by atoms with van der Waals surface area (Å²) in [7, 11) is 1.39. The van der Waals surface area contributed by atoms with Crippen LogP contribution in [0.1, 0.15) is 0 Å². The molecule has 0 saturated carbocycles. The van der Waals surface area contributed by atoms with E-state index in [1.54, 1.807) is 18.2 Å². The lowest BCUT2D eigenvalue weighted by molar-refractivity contribution is 0.352. The van der Waals surface area contributed by atoms with Crippen molar-refractivity contribution in [2.75, 3.05) is 0 Å². The summed E-state index contributed by atoms with van der Waals surface area (Å²) in [5, 5.41) is 4.38. The van der Waals surface area contributed by atoms with E-state index in [0.29, 0.717) is 16.3 Å². The molecule has 3 nitrogen and oxygen atoms in total. The third kappa shape index (κ3) is 1.90. The molecular formula is C8H4FIN2OS. The lowest BCUT2D eigenvalue weighted by atomic mass is 10.2. The molecule has 6 heteroatoms. The molecule has 0 saturated heterocycles. The van der Waals surface area contributed by atoms with Crippen LogP contribution < -0.4 is 0 Å². The molecule has 0 N–H and O–H groups in total. The fraction of sp³-hybridized carbons (Fsp3) is 0. The lowest BCUT2D eigenvalue weighted by Crippen LogP contribution is -1.86. The Balaban J connectivity index is 2.44. The van der Waals surface area contributed by atoms with Crippen LogP contribution in [0.3, 0.4) is 0 Å². The Morgan fingerprint density at radius 1 is 1.50 bits per heavy atom. The van der Waals surface area contributed by atoms with Gasteiger partial charge in [0.15, 0.2) is 0 Å². The van der Waals surface area contributed by atoms with Crippen LogP contribution in [-0.4, -0.2) is 10.1 Å². The Morgan fingerprint density at radius 3 is 3.00 bits per heavy atom. The third-order valence-corrected chi connectivity index (χ3v) is 3.25. The van der Waals surface area contributed by atoms with Crippen LogP contribution in [-0.2, 0) is 0 Å². The summed E-state index contributed by atoms with van der Waals surface area (Å²) >= 11 is 2.07. The highest BCUT2D eigenvalue weighted by Crippen LogP contribution is 2.29. The molecule has 14 heavy (non-hydrogen) atoms. The molecule has 0 amide bonds. The molecule has 72 valence electrons. The minimum atomic E-state index is -0.536. The van der Waals surface area contributed by atoms with Gasteiger partial charge in [-0.25, -0.2) is 4.98 Å². The number of hydrogen-bond donors (Lipinski definition) is 0. The second-order valence-electron chi connectivity index (χ2n) is 2.45. The van der Waals surface area contributed by atoms with E-state index in [9.17, 15) is 4.39 Å². The van der Waals surface area contributed by atoms with Gasteiger partial charge in [-0.2, -0.15) is 4.39 Å². The zero-order chi connectivity index (χ0) is 9.97. The van der Waals surface area contributed by atoms with Crippen LogP contribution >= 0.6 is 30.1 Å². The Hall–Kier alpha value is -0.630. The van der Waals surface area contributed by atoms with Crippen molar-refractivity contribution >= 4 is 30.1 Å².